The summed E-state index contributed by atoms with van der Waals surface area (Å²) in [6.45, 7) is 2.03. The van der Waals surface area contributed by atoms with E-state index in [1.807, 2.05) is 24.0 Å². The van der Waals surface area contributed by atoms with Gasteiger partial charge in [0.15, 0.2) is 0 Å². The summed E-state index contributed by atoms with van der Waals surface area (Å²) in [5.74, 6) is 0.0970. The smallest absolute Gasteiger partial charge is 0.240 e. The van der Waals surface area contributed by atoms with Crippen LogP contribution in [0.2, 0.25) is 0 Å². The summed E-state index contributed by atoms with van der Waals surface area (Å²) in [5, 5.41) is 3.06. The van der Waals surface area contributed by atoms with Gasteiger partial charge in [0.25, 0.3) is 0 Å². The van der Waals surface area contributed by atoms with Crippen molar-refractivity contribution < 1.29 is 18.0 Å². The molecule has 0 saturated heterocycles. The molecule has 1 aliphatic heterocycles. The molecule has 0 radical (unpaired) electrons. The highest BCUT2D eigenvalue weighted by molar-refractivity contribution is 7.89. The average Bonchev–Trinajstić information content (AvgIpc) is 3.61. The van der Waals surface area contributed by atoms with Gasteiger partial charge in [0.1, 0.15) is 0 Å². The zero-order valence-corrected chi connectivity index (χ0v) is 20.2. The number of amides is 2. The number of hydrogen-bond donors (Lipinski definition) is 2. The minimum absolute atomic E-state index is 0.0194. The monoisotopic (exact) mass is 481 g/mol. The van der Waals surface area contributed by atoms with Gasteiger partial charge in [0, 0.05) is 30.6 Å². The fraction of sp³-hybridized carbons (Fsp3) is 0.462. The van der Waals surface area contributed by atoms with E-state index in [9.17, 15) is 18.0 Å². The Morgan fingerprint density at radius 2 is 1.85 bits per heavy atom. The molecule has 2 aliphatic carbocycles. The fourth-order valence-electron chi connectivity index (χ4n) is 5.19. The van der Waals surface area contributed by atoms with Gasteiger partial charge < -0.3 is 10.2 Å². The molecule has 0 aromatic heterocycles. The van der Waals surface area contributed by atoms with Crippen molar-refractivity contribution in [3.05, 3.63) is 59.2 Å². The molecule has 34 heavy (non-hydrogen) atoms. The molecular weight excluding hydrogens is 450 g/mol. The van der Waals surface area contributed by atoms with Crippen LogP contribution in [-0.4, -0.2) is 32.8 Å². The number of anilines is 1. The van der Waals surface area contributed by atoms with Crippen molar-refractivity contribution in [2.75, 3.05) is 11.4 Å². The lowest BCUT2D eigenvalue weighted by atomic mass is 9.88. The van der Waals surface area contributed by atoms with E-state index in [0.29, 0.717) is 6.42 Å². The third-order valence-corrected chi connectivity index (χ3v) is 8.55. The predicted octanol–water partition coefficient (Wildman–Crippen LogP) is 3.24. The summed E-state index contributed by atoms with van der Waals surface area (Å²) >= 11 is 0. The second-order valence-corrected chi connectivity index (χ2v) is 11.5. The van der Waals surface area contributed by atoms with Gasteiger partial charge in [-0.1, -0.05) is 24.3 Å². The van der Waals surface area contributed by atoms with Crippen molar-refractivity contribution in [1.82, 2.24) is 10.0 Å². The van der Waals surface area contributed by atoms with Gasteiger partial charge in [-0.15, -0.1) is 0 Å². The van der Waals surface area contributed by atoms with Crippen molar-refractivity contribution in [3.8, 4) is 0 Å². The highest BCUT2D eigenvalue weighted by Gasteiger charge is 2.39. The molecule has 1 fully saturated rings. The Morgan fingerprint density at radius 1 is 1.06 bits per heavy atom. The molecule has 0 unspecified atom stereocenters. The molecule has 0 spiro atoms. The largest absolute Gasteiger partial charge is 0.349 e. The molecule has 2 N–H and O–H groups in total. The van der Waals surface area contributed by atoms with Crippen LogP contribution in [0.5, 0.6) is 0 Å². The van der Waals surface area contributed by atoms with Crippen LogP contribution in [0.1, 0.15) is 61.8 Å². The Labute approximate surface area is 201 Å². The molecule has 1 heterocycles. The number of carbonyl (C=O) groups is 2. The van der Waals surface area contributed by atoms with Gasteiger partial charge in [0.2, 0.25) is 21.8 Å². The van der Waals surface area contributed by atoms with E-state index in [4.69, 9.17) is 0 Å². The van der Waals surface area contributed by atoms with Crippen LogP contribution in [0.4, 0.5) is 5.69 Å². The molecule has 5 rings (SSSR count). The quantitative estimate of drug-likeness (QED) is 0.635. The summed E-state index contributed by atoms with van der Waals surface area (Å²) in [7, 11) is -3.75. The lowest BCUT2D eigenvalue weighted by molar-refractivity contribution is -0.122. The van der Waals surface area contributed by atoms with E-state index in [-0.39, 0.29) is 47.7 Å². The molecule has 0 bridgehead atoms. The first-order chi connectivity index (χ1) is 16.3. The number of hydrogen-bond acceptors (Lipinski definition) is 4. The van der Waals surface area contributed by atoms with Crippen molar-refractivity contribution in [2.45, 2.75) is 68.8 Å². The van der Waals surface area contributed by atoms with Crippen LogP contribution in [0, 0.1) is 5.92 Å². The van der Waals surface area contributed by atoms with Gasteiger partial charge >= 0.3 is 0 Å². The standard InChI is InChI=1S/C26H31N3O4S/c1-17-15-20-16-21(11-12-24(20)29(17)26(31)19-9-10-19)34(32,33)27-14-13-25(30)28-23-8-4-6-18-5-2-3-7-22(18)23/h2-3,5,7,11-12,16-17,19,23,27H,4,6,8-10,13-15H2,1H3,(H,28,30)/t17-,23-/m1/s1. The molecule has 3 aliphatic rings. The van der Waals surface area contributed by atoms with Crippen molar-refractivity contribution in [2.24, 2.45) is 5.92 Å². The number of nitrogens with zero attached hydrogens (tertiary/aromatic N) is 1. The number of nitrogens with one attached hydrogen (secondary N) is 2. The highest BCUT2D eigenvalue weighted by atomic mass is 32.2. The van der Waals surface area contributed by atoms with E-state index in [1.165, 1.54) is 5.56 Å². The van der Waals surface area contributed by atoms with Gasteiger partial charge in [-0.3, -0.25) is 9.59 Å². The number of carbonyl (C=O) groups excluding carboxylic acids is 2. The number of benzene rings is 2. The molecule has 2 aromatic carbocycles. The van der Waals surface area contributed by atoms with Crippen LogP contribution in [0.15, 0.2) is 47.4 Å². The molecule has 2 amide bonds. The number of rotatable bonds is 7. The zero-order valence-electron chi connectivity index (χ0n) is 19.4. The first kappa shape index (κ1) is 23.1. The minimum atomic E-state index is -3.75. The molecule has 2 aromatic rings. The van der Waals surface area contributed by atoms with E-state index < -0.39 is 10.0 Å². The maximum absolute atomic E-state index is 12.9. The van der Waals surface area contributed by atoms with E-state index in [0.717, 1.165) is 48.9 Å². The maximum Gasteiger partial charge on any atom is 0.240 e. The summed E-state index contributed by atoms with van der Waals surface area (Å²) in [5.41, 5.74) is 4.11. The van der Waals surface area contributed by atoms with Crippen LogP contribution in [-0.2, 0) is 32.5 Å². The summed E-state index contributed by atoms with van der Waals surface area (Å²) in [4.78, 5) is 27.1. The Kier molecular flexibility index (Phi) is 6.20. The lowest BCUT2D eigenvalue weighted by Gasteiger charge is -2.26. The Balaban J connectivity index is 1.19. The highest BCUT2D eigenvalue weighted by Crippen LogP contribution is 2.39. The molecule has 7 nitrogen and oxygen atoms in total. The van der Waals surface area contributed by atoms with Crippen LogP contribution < -0.4 is 14.9 Å². The average molecular weight is 482 g/mol. The number of fused-ring (bicyclic) bond motifs is 2. The Bertz CT molecular complexity index is 1220. The SMILES string of the molecule is C[C@@H]1Cc2cc(S(=O)(=O)NCCC(=O)N[C@@H]3CCCc4ccccc43)ccc2N1C(=O)C1CC1. The van der Waals surface area contributed by atoms with E-state index >= 15 is 0 Å². The third kappa shape index (κ3) is 4.61. The van der Waals surface area contributed by atoms with E-state index in [1.54, 1.807) is 18.2 Å². The number of sulfonamides is 1. The van der Waals surface area contributed by atoms with Gasteiger partial charge in [0.05, 0.1) is 10.9 Å². The first-order valence-corrected chi connectivity index (χ1v) is 13.6. The topological polar surface area (TPSA) is 95.6 Å². The van der Waals surface area contributed by atoms with Gasteiger partial charge in [-0.2, -0.15) is 0 Å². The number of aryl methyl sites for hydroxylation is 1. The minimum Gasteiger partial charge on any atom is -0.349 e. The van der Waals surface area contributed by atoms with Crippen LogP contribution in [0.25, 0.3) is 0 Å². The zero-order chi connectivity index (χ0) is 23.9. The Hall–Kier alpha value is -2.71. The van der Waals surface area contributed by atoms with Crippen molar-refractivity contribution >= 4 is 27.5 Å². The molecule has 180 valence electrons. The van der Waals surface area contributed by atoms with Crippen molar-refractivity contribution in [1.29, 1.82) is 0 Å². The first-order valence-electron chi connectivity index (χ1n) is 12.2. The fourth-order valence-corrected chi connectivity index (χ4v) is 6.27. The maximum atomic E-state index is 12.9. The molecule has 2 atom stereocenters. The predicted molar refractivity (Wildman–Crippen MR) is 130 cm³/mol. The normalized spacial score (nSPS) is 21.6. The van der Waals surface area contributed by atoms with Gasteiger partial charge in [-0.05, 0) is 80.3 Å². The van der Waals surface area contributed by atoms with Gasteiger partial charge in [-0.25, -0.2) is 13.1 Å². The molecule has 1 saturated carbocycles. The summed E-state index contributed by atoms with van der Waals surface area (Å²) in [6.07, 6.45) is 5.53. The van der Waals surface area contributed by atoms with E-state index in [2.05, 4.69) is 22.2 Å². The van der Waals surface area contributed by atoms with Crippen LogP contribution >= 0.6 is 0 Å². The Morgan fingerprint density at radius 3 is 2.65 bits per heavy atom. The summed E-state index contributed by atoms with van der Waals surface area (Å²) < 4.78 is 28.3. The van der Waals surface area contributed by atoms with Crippen molar-refractivity contribution in [3.63, 3.8) is 0 Å². The summed E-state index contributed by atoms with van der Waals surface area (Å²) in [6, 6.07) is 13.1. The molecular formula is C26H31N3O4S. The lowest BCUT2D eigenvalue weighted by Crippen LogP contribution is -2.36. The van der Waals surface area contributed by atoms with Crippen LogP contribution in [0.3, 0.4) is 0 Å². The molecule has 8 heteroatoms. The third-order valence-electron chi connectivity index (χ3n) is 7.09. The second kappa shape index (κ2) is 9.15. The second-order valence-electron chi connectivity index (χ2n) is 9.69.